The molecule has 1 fully saturated rings. The molecule has 0 aromatic heterocycles. The SMILES string of the molecule is NC1=NC2(CCCCC2)N(c2ccc(O)c(Cl)c2)C(N)=N1. The summed E-state index contributed by atoms with van der Waals surface area (Å²) in [7, 11) is 0. The molecule has 0 radical (unpaired) electrons. The lowest BCUT2D eigenvalue weighted by atomic mass is 9.87. The molecule has 1 aliphatic carbocycles. The van der Waals surface area contributed by atoms with Crippen LogP contribution >= 0.6 is 11.6 Å². The van der Waals surface area contributed by atoms with Gasteiger partial charge in [-0.3, -0.25) is 4.90 Å². The molecule has 1 aromatic rings. The predicted molar refractivity (Wildman–Crippen MR) is 84.7 cm³/mol. The van der Waals surface area contributed by atoms with Crippen LogP contribution in [0.1, 0.15) is 32.1 Å². The normalized spacial score (nSPS) is 21.1. The molecule has 0 amide bonds. The molecule has 6 nitrogen and oxygen atoms in total. The third-order valence-electron chi connectivity index (χ3n) is 4.04. The van der Waals surface area contributed by atoms with Crippen molar-refractivity contribution < 1.29 is 5.11 Å². The predicted octanol–water partition coefficient (Wildman–Crippen LogP) is 2.16. The zero-order valence-electron chi connectivity index (χ0n) is 11.6. The highest BCUT2D eigenvalue weighted by atomic mass is 35.5. The number of nitrogens with two attached hydrogens (primary N) is 2. The van der Waals surface area contributed by atoms with Gasteiger partial charge in [0, 0.05) is 5.69 Å². The first-order valence-electron chi connectivity index (χ1n) is 7.00. The van der Waals surface area contributed by atoms with Crippen molar-refractivity contribution in [1.29, 1.82) is 0 Å². The van der Waals surface area contributed by atoms with Crippen LogP contribution in [0.2, 0.25) is 5.02 Å². The third kappa shape index (κ3) is 2.40. The van der Waals surface area contributed by atoms with E-state index in [0.29, 0.717) is 5.96 Å². The summed E-state index contributed by atoms with van der Waals surface area (Å²) in [6, 6.07) is 4.98. The molecule has 1 aliphatic heterocycles. The van der Waals surface area contributed by atoms with E-state index in [2.05, 4.69) is 9.98 Å². The molecule has 0 saturated heterocycles. The number of nitrogens with zero attached hydrogens (tertiary/aromatic N) is 3. The van der Waals surface area contributed by atoms with E-state index >= 15 is 0 Å². The van der Waals surface area contributed by atoms with E-state index in [1.54, 1.807) is 18.2 Å². The summed E-state index contributed by atoms with van der Waals surface area (Å²) in [5.41, 5.74) is 12.2. The van der Waals surface area contributed by atoms with Crippen molar-refractivity contribution >= 4 is 29.2 Å². The second kappa shape index (κ2) is 5.11. The molecule has 5 N–H and O–H groups in total. The summed E-state index contributed by atoms with van der Waals surface area (Å²) in [5.74, 6) is 0.565. The van der Waals surface area contributed by atoms with Crippen LogP contribution in [-0.4, -0.2) is 22.7 Å². The standard InChI is InChI=1S/C14H18ClN5O/c15-10-8-9(4-5-11(10)21)20-13(17)18-12(16)19-14(20)6-2-1-3-7-14/h4-5,8,21H,1-3,6-7H2,(H4,16,17,18,19). The quantitative estimate of drug-likeness (QED) is 0.740. The Hall–Kier alpha value is -1.95. The van der Waals surface area contributed by atoms with Gasteiger partial charge in [0.15, 0.2) is 0 Å². The van der Waals surface area contributed by atoms with Crippen LogP contribution in [0, 0.1) is 0 Å². The number of anilines is 1. The lowest BCUT2D eigenvalue weighted by Gasteiger charge is -2.45. The van der Waals surface area contributed by atoms with Gasteiger partial charge in [-0.2, -0.15) is 4.99 Å². The van der Waals surface area contributed by atoms with Crippen molar-refractivity contribution in [3.8, 4) is 5.75 Å². The Morgan fingerprint density at radius 2 is 1.90 bits per heavy atom. The molecule has 7 heteroatoms. The van der Waals surface area contributed by atoms with Crippen molar-refractivity contribution in [2.45, 2.75) is 37.8 Å². The zero-order chi connectivity index (χ0) is 15.0. The van der Waals surface area contributed by atoms with E-state index in [1.165, 1.54) is 6.42 Å². The Balaban J connectivity index is 2.08. The van der Waals surface area contributed by atoms with E-state index in [4.69, 9.17) is 23.1 Å². The van der Waals surface area contributed by atoms with Gasteiger partial charge in [-0.05, 0) is 43.9 Å². The lowest BCUT2D eigenvalue weighted by Crippen LogP contribution is -2.58. The second-order valence-corrected chi connectivity index (χ2v) is 5.86. The van der Waals surface area contributed by atoms with Crippen LogP contribution in [0.3, 0.4) is 0 Å². The highest BCUT2D eigenvalue weighted by Gasteiger charge is 2.42. The molecule has 2 aliphatic rings. The number of hydrogen-bond donors (Lipinski definition) is 3. The third-order valence-corrected chi connectivity index (χ3v) is 4.34. The fourth-order valence-electron chi connectivity index (χ4n) is 3.13. The Morgan fingerprint density at radius 3 is 2.57 bits per heavy atom. The number of guanidine groups is 2. The molecule has 1 heterocycles. The summed E-state index contributed by atoms with van der Waals surface area (Å²) in [5, 5.41) is 9.86. The van der Waals surface area contributed by atoms with E-state index in [1.807, 2.05) is 4.90 Å². The van der Waals surface area contributed by atoms with Crippen molar-refractivity contribution in [3.63, 3.8) is 0 Å². The van der Waals surface area contributed by atoms with Crippen LogP contribution in [-0.2, 0) is 0 Å². The van der Waals surface area contributed by atoms with Crippen LogP contribution in [0.4, 0.5) is 5.69 Å². The van der Waals surface area contributed by atoms with Gasteiger partial charge in [-0.1, -0.05) is 18.0 Å². The summed E-state index contributed by atoms with van der Waals surface area (Å²) in [4.78, 5) is 10.5. The Morgan fingerprint density at radius 1 is 1.19 bits per heavy atom. The summed E-state index contributed by atoms with van der Waals surface area (Å²) in [6.07, 6.45) is 5.03. The molecular weight excluding hydrogens is 290 g/mol. The first kappa shape index (κ1) is 14.0. The minimum absolute atomic E-state index is 0.0358. The first-order chi connectivity index (χ1) is 10.0. The molecule has 0 atom stereocenters. The number of aromatic hydroxyl groups is 1. The topological polar surface area (TPSA) is 100 Å². The highest BCUT2D eigenvalue weighted by molar-refractivity contribution is 6.32. The fraction of sp³-hybridized carbons (Fsp3) is 0.429. The minimum Gasteiger partial charge on any atom is -0.506 e. The number of aliphatic imine (C=N–C) groups is 2. The van der Waals surface area contributed by atoms with Crippen LogP contribution < -0.4 is 16.4 Å². The monoisotopic (exact) mass is 307 g/mol. The van der Waals surface area contributed by atoms with E-state index < -0.39 is 5.66 Å². The van der Waals surface area contributed by atoms with E-state index in [-0.39, 0.29) is 16.7 Å². The van der Waals surface area contributed by atoms with Gasteiger partial charge in [-0.25, -0.2) is 4.99 Å². The van der Waals surface area contributed by atoms with Gasteiger partial charge >= 0.3 is 0 Å². The number of phenolic OH excluding ortho intramolecular Hbond substituents is 1. The number of benzene rings is 1. The maximum atomic E-state index is 9.59. The molecular formula is C14H18ClN5O. The number of hydrogen-bond acceptors (Lipinski definition) is 6. The molecule has 112 valence electrons. The lowest BCUT2D eigenvalue weighted by molar-refractivity contribution is 0.305. The average molecular weight is 308 g/mol. The van der Waals surface area contributed by atoms with E-state index in [0.717, 1.165) is 31.4 Å². The first-order valence-corrected chi connectivity index (χ1v) is 7.38. The van der Waals surface area contributed by atoms with Gasteiger partial charge < -0.3 is 16.6 Å². The fourth-order valence-corrected chi connectivity index (χ4v) is 3.30. The van der Waals surface area contributed by atoms with Crippen molar-refractivity contribution in [3.05, 3.63) is 23.2 Å². The minimum atomic E-state index is -0.492. The van der Waals surface area contributed by atoms with Crippen LogP contribution in [0.25, 0.3) is 0 Å². The largest absolute Gasteiger partial charge is 0.506 e. The zero-order valence-corrected chi connectivity index (χ0v) is 12.3. The number of rotatable bonds is 1. The highest BCUT2D eigenvalue weighted by Crippen LogP contribution is 2.40. The van der Waals surface area contributed by atoms with Gasteiger partial charge in [-0.15, -0.1) is 0 Å². The Kier molecular flexibility index (Phi) is 3.41. The molecule has 3 rings (SSSR count). The Bertz CT molecular complexity index is 622. The molecule has 0 unspecified atom stereocenters. The van der Waals surface area contributed by atoms with Crippen LogP contribution in [0.15, 0.2) is 28.2 Å². The van der Waals surface area contributed by atoms with Crippen molar-refractivity contribution in [2.75, 3.05) is 4.90 Å². The van der Waals surface area contributed by atoms with Gasteiger partial charge in [0.25, 0.3) is 0 Å². The van der Waals surface area contributed by atoms with Crippen molar-refractivity contribution in [1.82, 2.24) is 0 Å². The number of phenols is 1. The second-order valence-electron chi connectivity index (χ2n) is 5.45. The maximum absolute atomic E-state index is 9.59. The summed E-state index contributed by atoms with van der Waals surface area (Å²) >= 11 is 6.02. The summed E-state index contributed by atoms with van der Waals surface area (Å²) < 4.78 is 0. The smallest absolute Gasteiger partial charge is 0.220 e. The van der Waals surface area contributed by atoms with Crippen molar-refractivity contribution in [2.24, 2.45) is 21.5 Å². The van der Waals surface area contributed by atoms with Crippen LogP contribution in [0.5, 0.6) is 5.75 Å². The number of halogens is 1. The van der Waals surface area contributed by atoms with E-state index in [9.17, 15) is 5.11 Å². The van der Waals surface area contributed by atoms with Gasteiger partial charge in [0.05, 0.1) is 5.02 Å². The molecule has 0 bridgehead atoms. The van der Waals surface area contributed by atoms with Gasteiger partial charge in [0.2, 0.25) is 11.9 Å². The molecule has 1 aromatic carbocycles. The van der Waals surface area contributed by atoms with Gasteiger partial charge in [0.1, 0.15) is 11.4 Å². The average Bonchev–Trinajstić information content (AvgIpc) is 2.42. The molecule has 1 saturated carbocycles. The molecule has 1 spiro atoms. The maximum Gasteiger partial charge on any atom is 0.220 e. The molecule has 21 heavy (non-hydrogen) atoms. The summed E-state index contributed by atoms with van der Waals surface area (Å²) in [6.45, 7) is 0. The Labute approximate surface area is 128 Å².